The Labute approximate surface area is 125 Å². The van der Waals surface area contributed by atoms with Gasteiger partial charge in [0.15, 0.2) is 0 Å². The zero-order chi connectivity index (χ0) is 15.3. The van der Waals surface area contributed by atoms with E-state index in [2.05, 4.69) is 5.32 Å². The van der Waals surface area contributed by atoms with Crippen LogP contribution in [-0.4, -0.2) is 25.8 Å². The molecule has 0 bridgehead atoms. The number of nitrogens with two attached hydrogens (primary N) is 1. The Morgan fingerprint density at radius 3 is 2.57 bits per heavy atom. The largest absolute Gasteiger partial charge is 0.352 e. The van der Waals surface area contributed by atoms with E-state index >= 15 is 0 Å². The summed E-state index contributed by atoms with van der Waals surface area (Å²) in [5.41, 5.74) is 7.65. The molecule has 1 fully saturated rings. The molecule has 0 aromatic heterocycles. The van der Waals surface area contributed by atoms with Crippen molar-refractivity contribution in [3.05, 3.63) is 35.4 Å². The number of hydrogen-bond donors (Lipinski definition) is 2. The van der Waals surface area contributed by atoms with Crippen LogP contribution in [0.5, 0.6) is 0 Å². The molecule has 1 heterocycles. The van der Waals surface area contributed by atoms with Crippen molar-refractivity contribution < 1.29 is 13.2 Å². The molecule has 0 radical (unpaired) electrons. The second-order valence-corrected chi connectivity index (χ2v) is 7.90. The van der Waals surface area contributed by atoms with Crippen LogP contribution in [-0.2, 0) is 27.7 Å². The average molecular weight is 310 g/mol. The van der Waals surface area contributed by atoms with Crippen molar-refractivity contribution in [3.8, 4) is 0 Å². The minimum absolute atomic E-state index is 0.0163. The van der Waals surface area contributed by atoms with E-state index in [-0.39, 0.29) is 23.3 Å². The van der Waals surface area contributed by atoms with Crippen molar-refractivity contribution >= 4 is 15.7 Å². The van der Waals surface area contributed by atoms with Gasteiger partial charge >= 0.3 is 0 Å². The van der Waals surface area contributed by atoms with Gasteiger partial charge in [-0.2, -0.15) is 0 Å². The maximum Gasteiger partial charge on any atom is 0.220 e. The van der Waals surface area contributed by atoms with Crippen molar-refractivity contribution in [1.29, 1.82) is 0 Å². The van der Waals surface area contributed by atoms with Crippen molar-refractivity contribution in [3.63, 3.8) is 0 Å². The van der Waals surface area contributed by atoms with E-state index in [1.54, 1.807) is 0 Å². The number of carbonyl (C=O) groups is 1. The summed E-state index contributed by atoms with van der Waals surface area (Å²) < 4.78 is 22.7. The second kappa shape index (κ2) is 7.04. The smallest absolute Gasteiger partial charge is 0.220 e. The van der Waals surface area contributed by atoms with Crippen LogP contribution >= 0.6 is 0 Å². The lowest BCUT2D eigenvalue weighted by atomic mass is 9.98. The number of hydrogen-bond acceptors (Lipinski definition) is 4. The van der Waals surface area contributed by atoms with Crippen LogP contribution < -0.4 is 11.1 Å². The summed E-state index contributed by atoms with van der Waals surface area (Å²) in [6.45, 7) is 0.968. The topological polar surface area (TPSA) is 89.3 Å². The fraction of sp³-hybridized carbons (Fsp3) is 0.533. The van der Waals surface area contributed by atoms with Gasteiger partial charge in [0, 0.05) is 19.5 Å². The lowest BCUT2D eigenvalue weighted by Crippen LogP contribution is -2.29. The van der Waals surface area contributed by atoms with Crippen LogP contribution in [0.4, 0.5) is 0 Å². The van der Waals surface area contributed by atoms with Crippen molar-refractivity contribution in [1.82, 2.24) is 5.32 Å². The summed E-state index contributed by atoms with van der Waals surface area (Å²) in [7, 11) is -2.86. The van der Waals surface area contributed by atoms with Crippen LogP contribution in [0.25, 0.3) is 0 Å². The Balaban J connectivity index is 1.77. The molecule has 1 aromatic rings. The van der Waals surface area contributed by atoms with Gasteiger partial charge in [0.05, 0.1) is 11.5 Å². The Hall–Kier alpha value is -1.40. The maximum absolute atomic E-state index is 11.9. The molecule has 0 saturated carbocycles. The van der Waals surface area contributed by atoms with E-state index in [1.807, 2.05) is 24.3 Å². The van der Waals surface area contributed by atoms with Crippen molar-refractivity contribution in [2.75, 3.05) is 11.5 Å². The van der Waals surface area contributed by atoms with E-state index in [0.717, 1.165) is 11.1 Å². The molecule has 116 valence electrons. The summed E-state index contributed by atoms with van der Waals surface area (Å²) in [6, 6.07) is 7.81. The molecule has 0 atom stereocenters. The Morgan fingerprint density at radius 1 is 1.24 bits per heavy atom. The van der Waals surface area contributed by atoms with Gasteiger partial charge in [-0.25, -0.2) is 8.42 Å². The number of amides is 1. The van der Waals surface area contributed by atoms with Crippen LogP contribution in [0.2, 0.25) is 0 Å². The highest BCUT2D eigenvalue weighted by Gasteiger charge is 2.25. The van der Waals surface area contributed by atoms with Crippen LogP contribution in [0.1, 0.15) is 30.4 Å². The highest BCUT2D eigenvalue weighted by atomic mass is 32.2. The van der Waals surface area contributed by atoms with Crippen LogP contribution in [0.3, 0.4) is 0 Å². The zero-order valence-corrected chi connectivity index (χ0v) is 12.9. The molecular formula is C15H22N2O3S. The standard InChI is InChI=1S/C15H22N2O3S/c16-10-13-2-1-3-14(8-13)11-17-15(18)9-12-4-6-21(19,20)7-5-12/h1-3,8,12H,4-7,9-11,16H2,(H,17,18). The molecule has 5 nitrogen and oxygen atoms in total. The number of nitrogens with one attached hydrogen (secondary N) is 1. The summed E-state index contributed by atoms with van der Waals surface area (Å²) >= 11 is 0. The summed E-state index contributed by atoms with van der Waals surface area (Å²) in [6.07, 6.45) is 1.60. The first-order valence-electron chi connectivity index (χ1n) is 7.23. The van der Waals surface area contributed by atoms with Gasteiger partial charge in [-0.1, -0.05) is 24.3 Å². The Bertz CT molecular complexity index is 585. The van der Waals surface area contributed by atoms with Gasteiger partial charge < -0.3 is 11.1 Å². The molecule has 0 unspecified atom stereocenters. The van der Waals surface area contributed by atoms with Crippen molar-refractivity contribution in [2.24, 2.45) is 11.7 Å². The molecule has 21 heavy (non-hydrogen) atoms. The third kappa shape index (κ3) is 5.13. The van der Waals surface area contributed by atoms with E-state index in [0.29, 0.717) is 32.4 Å². The SMILES string of the molecule is NCc1cccc(CNC(=O)CC2CCS(=O)(=O)CC2)c1. The van der Waals surface area contributed by atoms with Gasteiger partial charge in [0.1, 0.15) is 9.84 Å². The van der Waals surface area contributed by atoms with E-state index in [1.165, 1.54) is 0 Å². The first-order chi connectivity index (χ1) is 9.98. The van der Waals surface area contributed by atoms with Crippen LogP contribution in [0, 0.1) is 5.92 Å². The van der Waals surface area contributed by atoms with Gasteiger partial charge in [-0.3, -0.25) is 4.79 Å². The minimum Gasteiger partial charge on any atom is -0.352 e. The Morgan fingerprint density at radius 2 is 1.90 bits per heavy atom. The first kappa shape index (κ1) is 16.0. The molecule has 1 saturated heterocycles. The molecule has 1 aliphatic heterocycles. The van der Waals surface area contributed by atoms with Gasteiger partial charge in [0.25, 0.3) is 0 Å². The third-order valence-corrected chi connectivity index (χ3v) is 5.58. The fourth-order valence-corrected chi connectivity index (χ4v) is 4.13. The molecule has 2 rings (SSSR count). The quantitative estimate of drug-likeness (QED) is 0.848. The number of rotatable bonds is 5. The Kier molecular flexibility index (Phi) is 5.36. The maximum atomic E-state index is 11.9. The van der Waals surface area contributed by atoms with Crippen LogP contribution in [0.15, 0.2) is 24.3 Å². The average Bonchev–Trinajstić information content (AvgIpc) is 2.48. The lowest BCUT2D eigenvalue weighted by Gasteiger charge is -2.21. The number of carbonyl (C=O) groups excluding carboxylic acids is 1. The summed E-state index contributed by atoms with van der Waals surface area (Å²) in [4.78, 5) is 11.9. The summed E-state index contributed by atoms with van der Waals surface area (Å²) in [5, 5.41) is 2.89. The zero-order valence-electron chi connectivity index (χ0n) is 12.0. The predicted octanol–water partition coefficient (Wildman–Crippen LogP) is 0.976. The molecular weight excluding hydrogens is 288 g/mol. The van der Waals surface area contributed by atoms with E-state index < -0.39 is 9.84 Å². The summed E-state index contributed by atoms with van der Waals surface area (Å²) in [5.74, 6) is 0.592. The molecule has 3 N–H and O–H groups in total. The van der Waals surface area contributed by atoms with E-state index in [9.17, 15) is 13.2 Å². The van der Waals surface area contributed by atoms with Gasteiger partial charge in [-0.05, 0) is 29.9 Å². The molecule has 1 aliphatic rings. The van der Waals surface area contributed by atoms with Gasteiger partial charge in [-0.15, -0.1) is 0 Å². The highest BCUT2D eigenvalue weighted by Crippen LogP contribution is 2.21. The molecule has 0 spiro atoms. The highest BCUT2D eigenvalue weighted by molar-refractivity contribution is 7.91. The number of sulfone groups is 1. The molecule has 6 heteroatoms. The minimum atomic E-state index is -2.86. The predicted molar refractivity (Wildman–Crippen MR) is 82.2 cm³/mol. The molecule has 1 amide bonds. The normalized spacial score (nSPS) is 18.3. The lowest BCUT2D eigenvalue weighted by molar-refractivity contribution is -0.122. The fourth-order valence-electron chi connectivity index (χ4n) is 2.54. The molecule has 1 aromatic carbocycles. The van der Waals surface area contributed by atoms with Gasteiger partial charge in [0.2, 0.25) is 5.91 Å². The monoisotopic (exact) mass is 310 g/mol. The molecule has 0 aliphatic carbocycles. The second-order valence-electron chi connectivity index (χ2n) is 5.60. The first-order valence-corrected chi connectivity index (χ1v) is 9.05. The third-order valence-electron chi connectivity index (χ3n) is 3.87. The van der Waals surface area contributed by atoms with Crippen molar-refractivity contribution in [2.45, 2.75) is 32.4 Å². The number of benzene rings is 1. The van der Waals surface area contributed by atoms with E-state index in [4.69, 9.17) is 5.73 Å².